The van der Waals surface area contributed by atoms with Crippen LogP contribution in [-0.2, 0) is 40.9 Å². The number of aromatic nitrogens is 4. The molecule has 1 amide bonds. The lowest BCUT2D eigenvalue weighted by Gasteiger charge is -2.16. The van der Waals surface area contributed by atoms with E-state index in [1.807, 2.05) is 0 Å². The Balaban J connectivity index is 2.20. The van der Waals surface area contributed by atoms with Gasteiger partial charge in [0.25, 0.3) is 0 Å². The van der Waals surface area contributed by atoms with Crippen molar-refractivity contribution in [3.8, 4) is 11.4 Å². The van der Waals surface area contributed by atoms with Crippen LogP contribution in [0.15, 0.2) is 11.4 Å². The number of carbonyl (C=O) groups excluding carboxylic acids is 1. The maximum absolute atomic E-state index is 11.7. The van der Waals surface area contributed by atoms with E-state index in [9.17, 15) is 13.2 Å². The summed E-state index contributed by atoms with van der Waals surface area (Å²) < 4.78 is 24.9. The third-order valence-corrected chi connectivity index (χ3v) is 4.47. The summed E-state index contributed by atoms with van der Waals surface area (Å²) in [6.07, 6.45) is 4.04. The molecule has 0 spiro atoms. The van der Waals surface area contributed by atoms with Crippen molar-refractivity contribution < 1.29 is 13.2 Å². The molecule has 0 fully saturated rings. The van der Waals surface area contributed by atoms with E-state index in [-0.39, 0.29) is 11.6 Å². The van der Waals surface area contributed by atoms with Crippen molar-refractivity contribution in [3.63, 3.8) is 0 Å². The van der Waals surface area contributed by atoms with Crippen LogP contribution in [-0.4, -0.2) is 40.3 Å². The average Bonchev–Trinajstić information content (AvgIpc) is 2.73. The van der Waals surface area contributed by atoms with Crippen LogP contribution in [0.4, 0.5) is 0 Å². The molecule has 0 bridgehead atoms. The molecule has 2 heterocycles. The van der Waals surface area contributed by atoms with Gasteiger partial charge in [-0.1, -0.05) is 0 Å². The molecule has 9 heteroatoms. The van der Waals surface area contributed by atoms with Gasteiger partial charge in [0.1, 0.15) is 0 Å². The van der Waals surface area contributed by atoms with Crippen LogP contribution in [0.3, 0.4) is 0 Å². The van der Waals surface area contributed by atoms with Crippen LogP contribution in [0.1, 0.15) is 16.8 Å². The number of nitrogens with two attached hydrogens (primary N) is 1. The van der Waals surface area contributed by atoms with Gasteiger partial charge in [-0.3, -0.25) is 9.48 Å². The minimum Gasteiger partial charge on any atom is -0.369 e. The van der Waals surface area contributed by atoms with Gasteiger partial charge in [-0.25, -0.2) is 18.4 Å². The highest BCUT2D eigenvalue weighted by molar-refractivity contribution is 7.90. The van der Waals surface area contributed by atoms with E-state index in [1.54, 1.807) is 17.9 Å². The molecule has 1 aliphatic rings. The highest BCUT2D eigenvalue weighted by Gasteiger charge is 2.27. The highest BCUT2D eigenvalue weighted by atomic mass is 32.2. The summed E-state index contributed by atoms with van der Waals surface area (Å²) in [6.45, 7) is 0. The van der Waals surface area contributed by atoms with Gasteiger partial charge < -0.3 is 5.73 Å². The summed E-state index contributed by atoms with van der Waals surface area (Å²) in [7, 11) is -1.75. The Labute approximate surface area is 127 Å². The fraction of sp³-hybridized carbons (Fsp3) is 0.385. The molecule has 0 saturated heterocycles. The van der Waals surface area contributed by atoms with Crippen LogP contribution in [0, 0.1) is 0 Å². The lowest BCUT2D eigenvalue weighted by Crippen LogP contribution is -2.16. The summed E-state index contributed by atoms with van der Waals surface area (Å²) in [5.41, 5.74) is 8.92. The molecule has 0 radical (unpaired) electrons. The number of aryl methyl sites for hydroxylation is 2. The maximum Gasteiger partial charge on any atom is 0.247 e. The van der Waals surface area contributed by atoms with Crippen molar-refractivity contribution in [2.45, 2.75) is 24.4 Å². The topological polar surface area (TPSA) is 121 Å². The molecule has 2 aromatic rings. The minimum atomic E-state index is -3.49. The summed E-state index contributed by atoms with van der Waals surface area (Å²) in [6, 6.07) is 0. The monoisotopic (exact) mass is 321 g/mol. The second-order valence-corrected chi connectivity index (χ2v) is 7.25. The molecule has 116 valence electrons. The van der Waals surface area contributed by atoms with E-state index in [0.717, 1.165) is 23.1 Å². The van der Waals surface area contributed by atoms with Crippen molar-refractivity contribution in [3.05, 3.63) is 23.0 Å². The lowest BCUT2D eigenvalue weighted by atomic mass is 9.92. The maximum atomic E-state index is 11.7. The average molecular weight is 321 g/mol. The zero-order valence-electron chi connectivity index (χ0n) is 12.2. The van der Waals surface area contributed by atoms with Gasteiger partial charge in [0, 0.05) is 25.1 Å². The highest BCUT2D eigenvalue weighted by Crippen LogP contribution is 2.33. The molecule has 0 atom stereocenters. The van der Waals surface area contributed by atoms with Crippen molar-refractivity contribution in [1.82, 2.24) is 19.7 Å². The predicted molar refractivity (Wildman–Crippen MR) is 77.7 cm³/mol. The Morgan fingerprint density at radius 1 is 1.41 bits per heavy atom. The number of rotatable bonds is 3. The van der Waals surface area contributed by atoms with Crippen LogP contribution in [0.5, 0.6) is 0 Å². The SMILES string of the molecule is Cn1nc(CC(N)=O)c2c1-c1nc(S(C)(=O)=O)ncc1CC2. The Morgan fingerprint density at radius 2 is 2.14 bits per heavy atom. The molecule has 22 heavy (non-hydrogen) atoms. The number of primary amides is 1. The fourth-order valence-corrected chi connectivity index (χ4v) is 3.21. The number of sulfone groups is 1. The second-order valence-electron chi connectivity index (χ2n) is 5.34. The van der Waals surface area contributed by atoms with Gasteiger partial charge >= 0.3 is 0 Å². The van der Waals surface area contributed by atoms with Gasteiger partial charge in [0.15, 0.2) is 0 Å². The van der Waals surface area contributed by atoms with Crippen LogP contribution < -0.4 is 5.73 Å². The van der Waals surface area contributed by atoms with Crippen molar-refractivity contribution in [2.75, 3.05) is 6.26 Å². The first kappa shape index (κ1) is 14.6. The number of nitrogens with zero attached hydrogens (tertiary/aromatic N) is 4. The Bertz CT molecular complexity index is 885. The van der Waals surface area contributed by atoms with E-state index in [4.69, 9.17) is 5.73 Å². The zero-order valence-corrected chi connectivity index (χ0v) is 13.0. The van der Waals surface area contributed by atoms with Crippen LogP contribution in [0.25, 0.3) is 11.4 Å². The first-order valence-electron chi connectivity index (χ1n) is 6.66. The van der Waals surface area contributed by atoms with Crippen molar-refractivity contribution >= 4 is 15.7 Å². The zero-order chi connectivity index (χ0) is 16.1. The Morgan fingerprint density at radius 3 is 2.77 bits per heavy atom. The van der Waals surface area contributed by atoms with Gasteiger partial charge in [-0.15, -0.1) is 0 Å². The third-order valence-electron chi connectivity index (χ3n) is 3.61. The van der Waals surface area contributed by atoms with E-state index < -0.39 is 15.7 Å². The number of hydrogen-bond acceptors (Lipinski definition) is 6. The molecule has 2 N–H and O–H groups in total. The second kappa shape index (κ2) is 4.87. The molecular formula is C13H15N5O3S. The van der Waals surface area contributed by atoms with Crippen LogP contribution >= 0.6 is 0 Å². The van der Waals surface area contributed by atoms with Crippen LogP contribution in [0.2, 0.25) is 0 Å². The summed E-state index contributed by atoms with van der Waals surface area (Å²) in [5, 5.41) is 4.12. The summed E-state index contributed by atoms with van der Waals surface area (Å²) in [5.74, 6) is -0.453. The van der Waals surface area contributed by atoms with Gasteiger partial charge in [-0.05, 0) is 18.4 Å². The standard InChI is InChI=1S/C13H15N5O3S/c1-18-12-8(9(17-18)5-10(14)19)4-3-7-6-15-13(16-11(7)12)22(2,20)21/h6H,3-5H2,1-2H3,(H2,14,19). The Kier molecular flexibility index (Phi) is 3.24. The van der Waals surface area contributed by atoms with Gasteiger partial charge in [-0.2, -0.15) is 5.10 Å². The third kappa shape index (κ3) is 2.37. The molecular weight excluding hydrogens is 306 g/mol. The first-order chi connectivity index (χ1) is 10.3. The van der Waals surface area contributed by atoms with E-state index in [2.05, 4.69) is 15.1 Å². The molecule has 0 aliphatic heterocycles. The molecule has 1 aliphatic carbocycles. The molecule has 0 aromatic carbocycles. The Hall–Kier alpha value is -2.29. The van der Waals surface area contributed by atoms with Crippen molar-refractivity contribution in [1.29, 1.82) is 0 Å². The molecule has 0 saturated carbocycles. The van der Waals surface area contributed by atoms with E-state index in [1.165, 1.54) is 0 Å². The number of hydrogen-bond donors (Lipinski definition) is 1. The predicted octanol–water partition coefficient (Wildman–Crippen LogP) is -0.593. The summed E-state index contributed by atoms with van der Waals surface area (Å²) in [4.78, 5) is 19.3. The first-order valence-corrected chi connectivity index (χ1v) is 8.56. The summed E-state index contributed by atoms with van der Waals surface area (Å²) >= 11 is 0. The number of amides is 1. The van der Waals surface area contributed by atoms with Gasteiger partial charge in [0.05, 0.1) is 23.5 Å². The molecule has 3 rings (SSSR count). The van der Waals surface area contributed by atoms with Crippen molar-refractivity contribution in [2.24, 2.45) is 12.8 Å². The molecule has 8 nitrogen and oxygen atoms in total. The fourth-order valence-electron chi connectivity index (χ4n) is 2.71. The largest absolute Gasteiger partial charge is 0.369 e. The smallest absolute Gasteiger partial charge is 0.247 e. The normalized spacial score (nSPS) is 13.5. The number of carbonyl (C=O) groups is 1. The number of fused-ring (bicyclic) bond motifs is 3. The van der Waals surface area contributed by atoms with Gasteiger partial charge in [0.2, 0.25) is 20.9 Å². The molecule has 2 aromatic heterocycles. The quantitative estimate of drug-likeness (QED) is 0.754. The van der Waals surface area contributed by atoms with E-state index >= 15 is 0 Å². The minimum absolute atomic E-state index is 0.0581. The van der Waals surface area contributed by atoms with E-state index in [0.29, 0.717) is 24.2 Å². The lowest BCUT2D eigenvalue weighted by molar-refractivity contribution is -0.117. The molecule has 0 unspecified atom stereocenters.